The minimum absolute atomic E-state index is 0.0145. The van der Waals surface area contributed by atoms with Gasteiger partial charge in [-0.25, -0.2) is 9.37 Å². The van der Waals surface area contributed by atoms with Crippen molar-refractivity contribution in [2.45, 2.75) is 44.4 Å². The van der Waals surface area contributed by atoms with Crippen LogP contribution in [0.15, 0.2) is 6.33 Å². The summed E-state index contributed by atoms with van der Waals surface area (Å²) >= 11 is 0. The van der Waals surface area contributed by atoms with Crippen LogP contribution in [0.25, 0.3) is 11.2 Å². The lowest BCUT2D eigenvalue weighted by Gasteiger charge is -2.24. The third-order valence-corrected chi connectivity index (χ3v) is 4.13. The SMILES string of the molecule is CCCNc1nc(N)nc2c1ncn2[C@@H]1O[C@H](CO)[C@@H](O)[C@@]1(C)F. The first-order valence-corrected chi connectivity index (χ1v) is 7.77. The molecule has 2 aromatic rings. The molecule has 3 rings (SSSR count). The monoisotopic (exact) mass is 340 g/mol. The quantitative estimate of drug-likeness (QED) is 0.607. The van der Waals surface area contributed by atoms with Gasteiger partial charge in [-0.15, -0.1) is 0 Å². The lowest BCUT2D eigenvalue weighted by atomic mass is 9.98. The molecular weight excluding hydrogens is 319 g/mol. The minimum atomic E-state index is -2.13. The molecule has 24 heavy (non-hydrogen) atoms. The van der Waals surface area contributed by atoms with Crippen LogP contribution in [0.3, 0.4) is 0 Å². The van der Waals surface area contributed by atoms with Crippen LogP contribution in [0.5, 0.6) is 0 Å². The third-order valence-electron chi connectivity index (χ3n) is 4.13. The number of nitrogens with one attached hydrogen (secondary N) is 1. The number of nitrogens with zero attached hydrogens (tertiary/aromatic N) is 4. The lowest BCUT2D eigenvalue weighted by Crippen LogP contribution is -2.40. The highest BCUT2D eigenvalue weighted by Crippen LogP contribution is 2.42. The number of rotatable bonds is 5. The van der Waals surface area contributed by atoms with Gasteiger partial charge in [-0.2, -0.15) is 9.97 Å². The second-order valence-electron chi connectivity index (χ2n) is 5.99. The second-order valence-corrected chi connectivity index (χ2v) is 5.99. The molecule has 9 nitrogen and oxygen atoms in total. The van der Waals surface area contributed by atoms with Gasteiger partial charge in [0.1, 0.15) is 12.2 Å². The Kier molecular flexibility index (Phi) is 4.28. The van der Waals surface area contributed by atoms with Crippen LogP contribution in [0, 0.1) is 0 Å². The van der Waals surface area contributed by atoms with E-state index < -0.39 is 30.7 Å². The van der Waals surface area contributed by atoms with Crippen molar-refractivity contribution in [1.82, 2.24) is 19.5 Å². The molecule has 0 saturated carbocycles. The number of aliphatic hydroxyl groups is 2. The average molecular weight is 340 g/mol. The fourth-order valence-corrected chi connectivity index (χ4v) is 2.83. The molecule has 1 saturated heterocycles. The van der Waals surface area contributed by atoms with E-state index in [-0.39, 0.29) is 5.95 Å². The van der Waals surface area contributed by atoms with Crippen LogP contribution >= 0.6 is 0 Å². The van der Waals surface area contributed by atoms with Gasteiger partial charge in [0.05, 0.1) is 12.9 Å². The summed E-state index contributed by atoms with van der Waals surface area (Å²) < 4.78 is 21.8. The van der Waals surface area contributed by atoms with Gasteiger partial charge in [0.25, 0.3) is 0 Å². The summed E-state index contributed by atoms with van der Waals surface area (Å²) in [5.74, 6) is 0.469. The number of aliphatic hydroxyl groups excluding tert-OH is 2. The molecule has 0 unspecified atom stereocenters. The van der Waals surface area contributed by atoms with E-state index >= 15 is 0 Å². The molecule has 1 aliphatic rings. The van der Waals surface area contributed by atoms with Crippen LogP contribution in [-0.2, 0) is 4.74 Å². The molecule has 0 amide bonds. The second kappa shape index (κ2) is 6.11. The zero-order valence-corrected chi connectivity index (χ0v) is 13.5. The van der Waals surface area contributed by atoms with Crippen LogP contribution in [-0.4, -0.2) is 60.8 Å². The lowest BCUT2D eigenvalue weighted by molar-refractivity contribution is -0.0566. The largest absolute Gasteiger partial charge is 0.394 e. The summed E-state index contributed by atoms with van der Waals surface area (Å²) in [5.41, 5.74) is 4.34. The Balaban J connectivity index is 2.06. The van der Waals surface area contributed by atoms with Crippen molar-refractivity contribution in [2.24, 2.45) is 0 Å². The number of ether oxygens (including phenoxy) is 1. The van der Waals surface area contributed by atoms with E-state index in [4.69, 9.17) is 10.5 Å². The first kappa shape index (κ1) is 16.8. The summed E-state index contributed by atoms with van der Waals surface area (Å²) in [5, 5.41) is 22.4. The molecular formula is C14H21FN6O3. The summed E-state index contributed by atoms with van der Waals surface area (Å²) in [7, 11) is 0. The Labute approximate surface area is 137 Å². The van der Waals surface area contributed by atoms with Crippen LogP contribution in [0.1, 0.15) is 26.5 Å². The van der Waals surface area contributed by atoms with Gasteiger partial charge in [0, 0.05) is 6.54 Å². The number of anilines is 2. The van der Waals surface area contributed by atoms with E-state index in [2.05, 4.69) is 20.3 Å². The van der Waals surface area contributed by atoms with Crippen molar-refractivity contribution in [3.63, 3.8) is 0 Å². The zero-order valence-electron chi connectivity index (χ0n) is 13.5. The number of halogens is 1. The highest BCUT2D eigenvalue weighted by atomic mass is 19.1. The highest BCUT2D eigenvalue weighted by molar-refractivity contribution is 5.84. The van der Waals surface area contributed by atoms with Gasteiger partial charge in [0.2, 0.25) is 5.95 Å². The molecule has 1 aliphatic heterocycles. The molecule has 2 aromatic heterocycles. The van der Waals surface area contributed by atoms with E-state index in [1.807, 2.05) is 6.92 Å². The fraction of sp³-hybridized carbons (Fsp3) is 0.643. The van der Waals surface area contributed by atoms with Gasteiger partial charge in [-0.1, -0.05) is 6.92 Å². The summed E-state index contributed by atoms with van der Waals surface area (Å²) in [4.78, 5) is 12.5. The number of imidazole rings is 1. The topological polar surface area (TPSA) is 131 Å². The van der Waals surface area contributed by atoms with Crippen molar-refractivity contribution in [3.8, 4) is 0 Å². The molecule has 0 radical (unpaired) electrons. The van der Waals surface area contributed by atoms with Crippen molar-refractivity contribution in [3.05, 3.63) is 6.33 Å². The highest BCUT2D eigenvalue weighted by Gasteiger charge is 2.55. The molecule has 3 heterocycles. The van der Waals surface area contributed by atoms with Gasteiger partial charge in [0.15, 0.2) is 28.9 Å². The predicted octanol–water partition coefficient (Wildman–Crippen LogP) is 0.209. The molecule has 132 valence electrons. The van der Waals surface area contributed by atoms with Gasteiger partial charge in [-0.05, 0) is 13.3 Å². The first-order chi connectivity index (χ1) is 11.4. The van der Waals surface area contributed by atoms with E-state index in [9.17, 15) is 14.6 Å². The Morgan fingerprint density at radius 3 is 2.88 bits per heavy atom. The van der Waals surface area contributed by atoms with Gasteiger partial charge >= 0.3 is 0 Å². The zero-order chi connectivity index (χ0) is 17.5. The fourth-order valence-electron chi connectivity index (χ4n) is 2.83. The smallest absolute Gasteiger partial charge is 0.224 e. The molecule has 4 atom stereocenters. The van der Waals surface area contributed by atoms with Crippen molar-refractivity contribution in [1.29, 1.82) is 0 Å². The number of fused-ring (bicyclic) bond motifs is 1. The summed E-state index contributed by atoms with van der Waals surface area (Å²) in [6, 6.07) is 0. The third kappa shape index (κ3) is 2.56. The van der Waals surface area contributed by atoms with E-state index in [0.717, 1.165) is 6.42 Å². The molecule has 0 aromatic carbocycles. The van der Waals surface area contributed by atoms with Crippen LogP contribution in [0.4, 0.5) is 16.2 Å². The maximum absolute atomic E-state index is 15.0. The van der Waals surface area contributed by atoms with Gasteiger partial charge in [-0.3, -0.25) is 4.57 Å². The Bertz CT molecular complexity index is 737. The number of nitrogen functional groups attached to an aromatic ring is 1. The molecule has 10 heteroatoms. The first-order valence-electron chi connectivity index (χ1n) is 7.77. The average Bonchev–Trinajstić information content (AvgIpc) is 3.05. The molecule has 0 bridgehead atoms. The summed E-state index contributed by atoms with van der Waals surface area (Å²) in [6.07, 6.45) is -1.44. The van der Waals surface area contributed by atoms with Crippen LogP contribution < -0.4 is 11.1 Å². The Morgan fingerprint density at radius 2 is 2.25 bits per heavy atom. The van der Waals surface area contributed by atoms with Crippen LogP contribution in [0.2, 0.25) is 0 Å². The minimum Gasteiger partial charge on any atom is -0.394 e. The Hall–Kier alpha value is -2.04. The van der Waals surface area contributed by atoms with E-state index in [1.54, 1.807) is 0 Å². The summed E-state index contributed by atoms with van der Waals surface area (Å²) in [6.45, 7) is 3.39. The number of nitrogens with two attached hydrogens (primary N) is 1. The standard InChI is InChI=1S/C14H21FN6O3/c1-3-4-17-10-8-11(20-13(16)19-10)21(6-18-8)12-14(2,15)9(23)7(5-22)24-12/h6-7,9,12,22-23H,3-5H2,1-2H3,(H3,16,17,19,20)/t7-,9-,12-,14-/m1/s1. The predicted molar refractivity (Wildman–Crippen MR) is 85.0 cm³/mol. The van der Waals surface area contributed by atoms with E-state index in [0.29, 0.717) is 23.5 Å². The van der Waals surface area contributed by atoms with E-state index in [1.165, 1.54) is 17.8 Å². The number of hydrogen-bond donors (Lipinski definition) is 4. The molecule has 5 N–H and O–H groups in total. The Morgan fingerprint density at radius 1 is 1.50 bits per heavy atom. The normalized spacial score (nSPS) is 30.1. The maximum atomic E-state index is 15.0. The molecule has 0 aliphatic carbocycles. The van der Waals surface area contributed by atoms with Crippen molar-refractivity contribution in [2.75, 3.05) is 24.2 Å². The number of hydrogen-bond acceptors (Lipinski definition) is 8. The van der Waals surface area contributed by atoms with Gasteiger partial charge < -0.3 is 26.0 Å². The number of aromatic nitrogens is 4. The number of alkyl halides is 1. The molecule has 0 spiro atoms. The van der Waals surface area contributed by atoms with Crippen molar-refractivity contribution >= 4 is 22.9 Å². The van der Waals surface area contributed by atoms with Crippen molar-refractivity contribution < 1.29 is 19.3 Å². The maximum Gasteiger partial charge on any atom is 0.224 e. The molecule has 1 fully saturated rings.